The van der Waals surface area contributed by atoms with Gasteiger partial charge in [-0.3, -0.25) is 14.7 Å². The highest BCUT2D eigenvalue weighted by Gasteiger charge is 2.29. The summed E-state index contributed by atoms with van der Waals surface area (Å²) in [6.07, 6.45) is 1.71. The molecule has 1 aromatic carbocycles. The van der Waals surface area contributed by atoms with E-state index in [4.69, 9.17) is 21.1 Å². The Kier molecular flexibility index (Phi) is 6.93. The second kappa shape index (κ2) is 8.95. The quantitative estimate of drug-likeness (QED) is 0.541. The lowest BCUT2D eigenvalue weighted by molar-refractivity contribution is -0.142. The van der Waals surface area contributed by atoms with Gasteiger partial charge in [0, 0.05) is 14.1 Å². The van der Waals surface area contributed by atoms with Crippen molar-refractivity contribution in [2.75, 3.05) is 34.4 Å². The molecule has 7 nitrogen and oxygen atoms in total. The van der Waals surface area contributed by atoms with Crippen LogP contribution in [0.2, 0.25) is 5.02 Å². The van der Waals surface area contributed by atoms with E-state index in [1.54, 1.807) is 32.3 Å². The van der Waals surface area contributed by atoms with Crippen molar-refractivity contribution in [3.63, 3.8) is 0 Å². The van der Waals surface area contributed by atoms with Gasteiger partial charge in [-0.25, -0.2) is 4.79 Å². The standard InChI is InChI=1S/C17H19ClN2O5S/c1-5-24-12-7-10(6-11(18)15(12)25-9-14(21)23-4)8-13-16(22)20(3)17(19-2)26-13/h6-8H,5,9H2,1-4H3/b13-8+,19-17?. The molecule has 0 spiro atoms. The van der Waals surface area contributed by atoms with E-state index >= 15 is 0 Å². The van der Waals surface area contributed by atoms with E-state index in [2.05, 4.69) is 9.73 Å². The van der Waals surface area contributed by atoms with Crippen LogP contribution in [0.4, 0.5) is 0 Å². The number of hydrogen-bond acceptors (Lipinski definition) is 7. The van der Waals surface area contributed by atoms with Gasteiger partial charge in [-0.05, 0) is 42.5 Å². The molecule has 26 heavy (non-hydrogen) atoms. The first-order chi connectivity index (χ1) is 12.4. The van der Waals surface area contributed by atoms with Crippen LogP contribution >= 0.6 is 23.4 Å². The van der Waals surface area contributed by atoms with E-state index in [-0.39, 0.29) is 23.3 Å². The molecule has 1 aliphatic heterocycles. The van der Waals surface area contributed by atoms with Crippen LogP contribution in [-0.2, 0) is 14.3 Å². The fourth-order valence-electron chi connectivity index (χ4n) is 2.17. The summed E-state index contributed by atoms with van der Waals surface area (Å²) < 4.78 is 15.5. The van der Waals surface area contributed by atoms with Crippen LogP contribution in [-0.4, -0.2) is 56.4 Å². The second-order valence-electron chi connectivity index (χ2n) is 5.11. The maximum absolute atomic E-state index is 12.3. The van der Waals surface area contributed by atoms with Crippen LogP contribution in [0.15, 0.2) is 22.0 Å². The molecule has 1 aliphatic rings. The van der Waals surface area contributed by atoms with Gasteiger partial charge in [0.1, 0.15) is 0 Å². The van der Waals surface area contributed by atoms with Crippen molar-refractivity contribution in [1.29, 1.82) is 0 Å². The van der Waals surface area contributed by atoms with Gasteiger partial charge in [0.25, 0.3) is 5.91 Å². The second-order valence-corrected chi connectivity index (χ2v) is 6.53. The Morgan fingerprint density at radius 3 is 2.69 bits per heavy atom. The van der Waals surface area contributed by atoms with Crippen molar-refractivity contribution in [2.24, 2.45) is 4.99 Å². The Morgan fingerprint density at radius 1 is 1.38 bits per heavy atom. The van der Waals surface area contributed by atoms with Gasteiger partial charge in [0.2, 0.25) is 0 Å². The number of carbonyl (C=O) groups is 2. The summed E-state index contributed by atoms with van der Waals surface area (Å²) >= 11 is 7.57. The number of ether oxygens (including phenoxy) is 3. The molecule has 1 saturated heterocycles. The van der Waals surface area contributed by atoms with Gasteiger partial charge in [0.15, 0.2) is 23.3 Å². The number of hydrogen-bond donors (Lipinski definition) is 0. The van der Waals surface area contributed by atoms with Gasteiger partial charge in [0.05, 0.1) is 23.6 Å². The van der Waals surface area contributed by atoms with Crippen LogP contribution in [0.1, 0.15) is 12.5 Å². The Morgan fingerprint density at radius 2 is 2.12 bits per heavy atom. The van der Waals surface area contributed by atoms with Crippen molar-refractivity contribution in [1.82, 2.24) is 4.90 Å². The number of nitrogens with zero attached hydrogens (tertiary/aromatic N) is 2. The molecule has 0 radical (unpaired) electrons. The number of halogens is 1. The number of carbonyl (C=O) groups excluding carboxylic acids is 2. The topological polar surface area (TPSA) is 77.4 Å². The van der Waals surface area contributed by atoms with Gasteiger partial charge < -0.3 is 14.2 Å². The Bertz CT molecular complexity index is 779. The summed E-state index contributed by atoms with van der Waals surface area (Å²) in [4.78, 5) is 29.6. The normalized spacial score (nSPS) is 17.1. The van der Waals surface area contributed by atoms with Crippen LogP contribution in [0.25, 0.3) is 6.08 Å². The number of benzene rings is 1. The first-order valence-corrected chi connectivity index (χ1v) is 8.91. The molecule has 0 saturated carbocycles. The summed E-state index contributed by atoms with van der Waals surface area (Å²) in [6.45, 7) is 1.92. The summed E-state index contributed by atoms with van der Waals surface area (Å²) in [7, 11) is 4.57. The van der Waals surface area contributed by atoms with E-state index < -0.39 is 5.97 Å². The molecular formula is C17H19ClN2O5S. The minimum atomic E-state index is -0.530. The van der Waals surface area contributed by atoms with E-state index in [1.807, 2.05) is 6.92 Å². The number of likely N-dealkylation sites (N-methyl/N-ethyl adjacent to an activating group) is 1. The lowest BCUT2D eigenvalue weighted by Gasteiger charge is -2.14. The number of rotatable bonds is 6. The molecule has 0 unspecified atom stereocenters. The fourth-order valence-corrected chi connectivity index (χ4v) is 3.37. The predicted octanol–water partition coefficient (Wildman–Crippen LogP) is 2.82. The zero-order chi connectivity index (χ0) is 19.3. The first kappa shape index (κ1) is 20.1. The Hall–Kier alpha value is -2.19. The highest BCUT2D eigenvalue weighted by Crippen LogP contribution is 2.39. The molecule has 0 atom stereocenters. The SMILES string of the molecule is CCOc1cc(/C=C2/SC(=NC)N(C)C2=O)cc(Cl)c1OCC(=O)OC. The fraction of sp³-hybridized carbons (Fsp3) is 0.353. The first-order valence-electron chi connectivity index (χ1n) is 7.71. The third-order valence-electron chi connectivity index (χ3n) is 3.39. The smallest absolute Gasteiger partial charge is 0.343 e. The zero-order valence-corrected chi connectivity index (χ0v) is 16.4. The van der Waals surface area contributed by atoms with Crippen molar-refractivity contribution < 1.29 is 23.8 Å². The number of amidine groups is 1. The largest absolute Gasteiger partial charge is 0.490 e. The number of thioether (sulfide) groups is 1. The molecule has 9 heteroatoms. The summed E-state index contributed by atoms with van der Waals surface area (Å²) in [5.41, 5.74) is 0.672. The summed E-state index contributed by atoms with van der Waals surface area (Å²) in [5, 5.41) is 0.885. The molecular weight excluding hydrogens is 380 g/mol. The Balaban J connectivity index is 2.35. The van der Waals surface area contributed by atoms with Crippen molar-refractivity contribution in [2.45, 2.75) is 6.92 Å². The van der Waals surface area contributed by atoms with Crippen LogP contribution in [0.3, 0.4) is 0 Å². The number of aliphatic imine (C=N–C) groups is 1. The molecule has 1 aromatic rings. The maximum Gasteiger partial charge on any atom is 0.343 e. The minimum absolute atomic E-state index is 0.143. The minimum Gasteiger partial charge on any atom is -0.490 e. The lowest BCUT2D eigenvalue weighted by atomic mass is 10.1. The molecule has 2 rings (SSSR count). The van der Waals surface area contributed by atoms with Gasteiger partial charge in [-0.15, -0.1) is 0 Å². The number of methoxy groups -OCH3 is 1. The van der Waals surface area contributed by atoms with E-state index in [0.29, 0.717) is 28.0 Å². The molecule has 140 valence electrons. The van der Waals surface area contributed by atoms with E-state index in [9.17, 15) is 9.59 Å². The number of esters is 1. The average Bonchev–Trinajstić information content (AvgIpc) is 2.88. The number of amides is 1. The monoisotopic (exact) mass is 398 g/mol. The average molecular weight is 399 g/mol. The molecule has 1 amide bonds. The third kappa shape index (κ3) is 4.50. The highest BCUT2D eigenvalue weighted by atomic mass is 35.5. The van der Waals surface area contributed by atoms with Gasteiger partial charge in [-0.2, -0.15) is 0 Å². The maximum atomic E-state index is 12.3. The lowest BCUT2D eigenvalue weighted by Crippen LogP contribution is -2.23. The Labute approximate surface area is 160 Å². The van der Waals surface area contributed by atoms with E-state index in [0.717, 1.165) is 0 Å². The van der Waals surface area contributed by atoms with Crippen LogP contribution in [0.5, 0.6) is 11.5 Å². The van der Waals surface area contributed by atoms with Crippen molar-refractivity contribution in [3.8, 4) is 11.5 Å². The molecule has 0 aromatic heterocycles. The molecule has 0 bridgehead atoms. The zero-order valence-electron chi connectivity index (χ0n) is 14.9. The molecule has 0 N–H and O–H groups in total. The molecule has 0 aliphatic carbocycles. The van der Waals surface area contributed by atoms with Crippen molar-refractivity contribution in [3.05, 3.63) is 27.6 Å². The van der Waals surface area contributed by atoms with Crippen molar-refractivity contribution >= 4 is 46.5 Å². The molecule has 1 heterocycles. The third-order valence-corrected chi connectivity index (χ3v) is 4.82. The summed E-state index contributed by atoms with van der Waals surface area (Å²) in [6, 6.07) is 3.34. The van der Waals surface area contributed by atoms with Crippen LogP contribution < -0.4 is 9.47 Å². The highest BCUT2D eigenvalue weighted by molar-refractivity contribution is 8.18. The molecule has 1 fully saturated rings. The predicted molar refractivity (Wildman–Crippen MR) is 102 cm³/mol. The van der Waals surface area contributed by atoms with Gasteiger partial charge in [-0.1, -0.05) is 11.6 Å². The van der Waals surface area contributed by atoms with Gasteiger partial charge >= 0.3 is 5.97 Å². The summed E-state index contributed by atoms with van der Waals surface area (Å²) in [5.74, 6) is -0.0453. The van der Waals surface area contributed by atoms with E-state index in [1.165, 1.54) is 23.8 Å². The van der Waals surface area contributed by atoms with Crippen LogP contribution in [0, 0.1) is 0 Å².